The molecule has 0 saturated heterocycles. The molecule has 0 radical (unpaired) electrons. The van der Waals surface area contributed by atoms with Crippen LogP contribution in [-0.2, 0) is 29.2 Å². The molecule has 0 bridgehead atoms. The summed E-state index contributed by atoms with van der Waals surface area (Å²) in [5.41, 5.74) is 8.31. The van der Waals surface area contributed by atoms with Crippen LogP contribution in [0.15, 0.2) is 60.7 Å². The highest BCUT2D eigenvalue weighted by atomic mass is 16.5. The van der Waals surface area contributed by atoms with Crippen LogP contribution >= 0.6 is 0 Å². The van der Waals surface area contributed by atoms with Crippen molar-refractivity contribution in [1.29, 1.82) is 0 Å². The molecule has 0 aromatic heterocycles. The van der Waals surface area contributed by atoms with Crippen LogP contribution < -0.4 is 5.32 Å². The predicted octanol–water partition coefficient (Wildman–Crippen LogP) is 6.22. The fraction of sp³-hybridized carbons (Fsp3) is 0.286. The summed E-state index contributed by atoms with van der Waals surface area (Å²) in [5, 5.41) is 2.77. The van der Waals surface area contributed by atoms with E-state index in [4.69, 9.17) is 4.74 Å². The number of benzene rings is 3. The summed E-state index contributed by atoms with van der Waals surface area (Å²) >= 11 is 0. The van der Waals surface area contributed by atoms with Gasteiger partial charge in [-0.05, 0) is 67.6 Å². The molecule has 0 saturated carbocycles. The second kappa shape index (κ2) is 10.8. The maximum Gasteiger partial charge on any atom is 0.411 e. The molecule has 3 aromatic carbocycles. The number of nitrogens with zero attached hydrogens (tertiary/aromatic N) is 1. The number of nitrogens with one attached hydrogen (secondary N) is 1. The molecule has 0 atom stereocenters. The molecule has 1 N–H and O–H groups in total. The van der Waals surface area contributed by atoms with Crippen molar-refractivity contribution in [3.63, 3.8) is 0 Å². The predicted molar refractivity (Wildman–Crippen MR) is 132 cm³/mol. The Bertz CT molecular complexity index is 1100. The van der Waals surface area contributed by atoms with E-state index < -0.39 is 6.09 Å². The van der Waals surface area contributed by atoms with E-state index in [1.54, 1.807) is 6.92 Å². The first-order valence-electron chi connectivity index (χ1n) is 11.1. The van der Waals surface area contributed by atoms with Gasteiger partial charge in [0.2, 0.25) is 5.91 Å². The number of carbonyl (C=O) groups is 2. The smallest absolute Gasteiger partial charge is 0.411 e. The summed E-state index contributed by atoms with van der Waals surface area (Å²) in [6.07, 6.45) is -0.486. The molecule has 5 heteroatoms. The first kappa shape index (κ1) is 24.1. The standard InChI is InChI=1S/C28H32N2O3/c1-19-10-20(2)13-26(12-19)17-30(23(5)31)16-24-6-8-25(9-7-24)18-33-28(32)29-27-14-21(3)11-22(4)15-27/h6-15H,16-18H2,1-5H3,(H,29,32). The molecule has 3 aromatic rings. The first-order chi connectivity index (χ1) is 15.7. The molecule has 172 valence electrons. The SMILES string of the molecule is CC(=O)N(Cc1ccc(COC(=O)Nc2cc(C)cc(C)c2)cc1)Cc1cc(C)cc(C)c1. The molecule has 3 rings (SSSR count). The highest BCUT2D eigenvalue weighted by molar-refractivity contribution is 5.84. The second-order valence-electron chi connectivity index (χ2n) is 8.77. The Labute approximate surface area is 196 Å². The van der Waals surface area contributed by atoms with E-state index in [1.807, 2.05) is 61.2 Å². The van der Waals surface area contributed by atoms with Gasteiger partial charge in [-0.25, -0.2) is 4.79 Å². The minimum Gasteiger partial charge on any atom is -0.444 e. The third kappa shape index (κ3) is 7.49. The van der Waals surface area contributed by atoms with Gasteiger partial charge in [0.15, 0.2) is 0 Å². The lowest BCUT2D eigenvalue weighted by atomic mass is 10.1. The van der Waals surface area contributed by atoms with E-state index in [-0.39, 0.29) is 12.5 Å². The molecule has 0 aliphatic rings. The van der Waals surface area contributed by atoms with Crippen LogP contribution in [0.1, 0.15) is 45.9 Å². The first-order valence-corrected chi connectivity index (χ1v) is 11.1. The lowest BCUT2D eigenvalue weighted by molar-refractivity contribution is -0.130. The van der Waals surface area contributed by atoms with E-state index in [1.165, 1.54) is 11.1 Å². The third-order valence-electron chi connectivity index (χ3n) is 5.33. The Morgan fingerprint density at radius 2 is 1.21 bits per heavy atom. The van der Waals surface area contributed by atoms with Crippen LogP contribution in [0.5, 0.6) is 0 Å². The summed E-state index contributed by atoms with van der Waals surface area (Å²) in [6, 6.07) is 20.0. The maximum atomic E-state index is 12.2. The van der Waals surface area contributed by atoms with Crippen molar-refractivity contribution >= 4 is 17.7 Å². The van der Waals surface area contributed by atoms with Gasteiger partial charge in [0.05, 0.1) is 0 Å². The van der Waals surface area contributed by atoms with E-state index in [0.717, 1.165) is 33.5 Å². The van der Waals surface area contributed by atoms with E-state index >= 15 is 0 Å². The summed E-state index contributed by atoms with van der Waals surface area (Å²) in [4.78, 5) is 26.2. The van der Waals surface area contributed by atoms with E-state index in [2.05, 4.69) is 37.4 Å². The topological polar surface area (TPSA) is 58.6 Å². The number of anilines is 1. The summed E-state index contributed by atoms with van der Waals surface area (Å²) in [6.45, 7) is 11.0. The van der Waals surface area contributed by atoms with Crippen LogP contribution in [0.25, 0.3) is 0 Å². The van der Waals surface area contributed by atoms with Gasteiger partial charge in [-0.2, -0.15) is 0 Å². The average molecular weight is 445 g/mol. The van der Waals surface area contributed by atoms with Crippen molar-refractivity contribution in [1.82, 2.24) is 4.90 Å². The van der Waals surface area contributed by atoms with E-state index in [0.29, 0.717) is 13.1 Å². The molecule has 0 fully saturated rings. The largest absolute Gasteiger partial charge is 0.444 e. The Morgan fingerprint density at radius 1 is 0.727 bits per heavy atom. The number of amides is 2. The molecule has 5 nitrogen and oxygen atoms in total. The lowest BCUT2D eigenvalue weighted by Gasteiger charge is -2.22. The lowest BCUT2D eigenvalue weighted by Crippen LogP contribution is -2.27. The zero-order valence-electron chi connectivity index (χ0n) is 20.1. The van der Waals surface area contributed by atoms with Gasteiger partial charge in [-0.1, -0.05) is 59.7 Å². The Kier molecular flexibility index (Phi) is 7.88. The normalized spacial score (nSPS) is 10.6. The van der Waals surface area contributed by atoms with Crippen LogP contribution in [0, 0.1) is 27.7 Å². The van der Waals surface area contributed by atoms with Crippen molar-refractivity contribution in [3.05, 3.63) is 99.6 Å². The number of rotatable bonds is 7. The average Bonchev–Trinajstić information content (AvgIpc) is 2.71. The van der Waals surface area contributed by atoms with Gasteiger partial charge < -0.3 is 9.64 Å². The van der Waals surface area contributed by atoms with Crippen molar-refractivity contribution in [2.45, 2.75) is 54.3 Å². The van der Waals surface area contributed by atoms with Crippen molar-refractivity contribution in [3.8, 4) is 0 Å². The Balaban J connectivity index is 1.56. The molecule has 0 heterocycles. The van der Waals surface area contributed by atoms with Crippen LogP contribution in [-0.4, -0.2) is 16.9 Å². The maximum absolute atomic E-state index is 12.2. The highest BCUT2D eigenvalue weighted by Gasteiger charge is 2.12. The van der Waals surface area contributed by atoms with Crippen molar-refractivity contribution in [2.75, 3.05) is 5.32 Å². The van der Waals surface area contributed by atoms with Gasteiger partial charge in [0.25, 0.3) is 0 Å². The summed E-state index contributed by atoms with van der Waals surface area (Å²) in [7, 11) is 0. The van der Waals surface area contributed by atoms with Gasteiger partial charge >= 0.3 is 6.09 Å². The zero-order valence-corrected chi connectivity index (χ0v) is 20.1. The Hall–Kier alpha value is -3.60. The van der Waals surface area contributed by atoms with Crippen LogP contribution in [0.3, 0.4) is 0 Å². The number of ether oxygens (including phenoxy) is 1. The number of hydrogen-bond donors (Lipinski definition) is 1. The van der Waals surface area contributed by atoms with Crippen LogP contribution in [0.2, 0.25) is 0 Å². The monoisotopic (exact) mass is 444 g/mol. The number of carbonyl (C=O) groups excluding carboxylic acids is 2. The molecule has 0 aliphatic carbocycles. The molecule has 0 spiro atoms. The minimum atomic E-state index is -0.486. The molecular weight excluding hydrogens is 412 g/mol. The molecular formula is C28H32N2O3. The van der Waals surface area contributed by atoms with Crippen LogP contribution in [0.4, 0.5) is 10.5 Å². The van der Waals surface area contributed by atoms with Gasteiger partial charge in [-0.3, -0.25) is 10.1 Å². The summed E-state index contributed by atoms with van der Waals surface area (Å²) < 4.78 is 5.36. The zero-order chi connectivity index (χ0) is 24.0. The highest BCUT2D eigenvalue weighted by Crippen LogP contribution is 2.16. The van der Waals surface area contributed by atoms with Gasteiger partial charge in [0, 0.05) is 25.7 Å². The van der Waals surface area contributed by atoms with Gasteiger partial charge in [-0.15, -0.1) is 0 Å². The van der Waals surface area contributed by atoms with Crippen molar-refractivity contribution < 1.29 is 14.3 Å². The number of hydrogen-bond acceptors (Lipinski definition) is 3. The summed E-state index contributed by atoms with van der Waals surface area (Å²) in [5.74, 6) is 0.0321. The Morgan fingerprint density at radius 3 is 1.76 bits per heavy atom. The molecule has 2 amide bonds. The molecule has 0 aliphatic heterocycles. The molecule has 0 unspecified atom stereocenters. The second-order valence-corrected chi connectivity index (χ2v) is 8.77. The fourth-order valence-corrected chi connectivity index (χ4v) is 3.97. The third-order valence-corrected chi connectivity index (χ3v) is 5.33. The fourth-order valence-electron chi connectivity index (χ4n) is 3.97. The minimum absolute atomic E-state index is 0.0321. The van der Waals surface area contributed by atoms with Crippen molar-refractivity contribution in [2.24, 2.45) is 0 Å². The van der Waals surface area contributed by atoms with Gasteiger partial charge in [0.1, 0.15) is 6.61 Å². The van der Waals surface area contributed by atoms with E-state index in [9.17, 15) is 9.59 Å². The molecule has 33 heavy (non-hydrogen) atoms. The quantitative estimate of drug-likeness (QED) is 0.471. The number of aryl methyl sites for hydroxylation is 4.